The van der Waals surface area contributed by atoms with Crippen molar-refractivity contribution in [3.63, 3.8) is 0 Å². The molecule has 6 nitrogen and oxygen atoms in total. The van der Waals surface area contributed by atoms with Crippen LogP contribution in [0, 0.1) is 11.8 Å². The van der Waals surface area contributed by atoms with Crippen LogP contribution in [0.1, 0.15) is 56.8 Å². The standard InChI is InChI=1S/C39H32O6/c1-39(2,31-14-22-34(43-4)23-15-31)32-16-24-36(25-17-32)45-38(41)30-7-5-6-29(26-30)37(40)44-35-20-12-28(13-21-35)9-8-27-10-18-33(42-3)19-11-27/h5-7,10-26H,1-4H3. The first-order valence-corrected chi connectivity index (χ1v) is 14.3. The van der Waals surface area contributed by atoms with E-state index in [0.29, 0.717) is 11.5 Å². The lowest BCUT2D eigenvalue weighted by molar-refractivity contribution is 0.0734. The number of rotatable bonds is 8. The van der Waals surface area contributed by atoms with Crippen LogP contribution in [0.4, 0.5) is 0 Å². The van der Waals surface area contributed by atoms with Gasteiger partial charge in [-0.3, -0.25) is 0 Å². The van der Waals surface area contributed by atoms with Crippen LogP contribution in [0.25, 0.3) is 0 Å². The molecule has 5 aromatic rings. The van der Waals surface area contributed by atoms with Crippen LogP contribution >= 0.6 is 0 Å². The normalized spacial score (nSPS) is 10.7. The summed E-state index contributed by atoms with van der Waals surface area (Å²) < 4.78 is 21.6. The van der Waals surface area contributed by atoms with E-state index in [1.165, 1.54) is 6.07 Å². The molecule has 5 aromatic carbocycles. The maximum Gasteiger partial charge on any atom is 0.343 e. The minimum absolute atomic E-state index is 0.226. The minimum Gasteiger partial charge on any atom is -0.497 e. The van der Waals surface area contributed by atoms with Crippen LogP contribution < -0.4 is 18.9 Å². The maximum atomic E-state index is 12.9. The zero-order valence-corrected chi connectivity index (χ0v) is 25.5. The second-order valence-electron chi connectivity index (χ2n) is 10.7. The second-order valence-corrected chi connectivity index (χ2v) is 10.7. The summed E-state index contributed by atoms with van der Waals surface area (Å²) in [4.78, 5) is 25.8. The average Bonchev–Trinajstić information content (AvgIpc) is 3.08. The first-order chi connectivity index (χ1) is 21.7. The molecule has 0 bridgehead atoms. The molecule has 0 saturated carbocycles. The number of carbonyl (C=O) groups excluding carboxylic acids is 2. The third-order valence-electron chi connectivity index (χ3n) is 7.44. The van der Waals surface area contributed by atoms with Crippen molar-refractivity contribution in [2.75, 3.05) is 14.2 Å². The summed E-state index contributed by atoms with van der Waals surface area (Å²) in [5, 5.41) is 0. The Kier molecular flexibility index (Phi) is 9.31. The van der Waals surface area contributed by atoms with Crippen molar-refractivity contribution in [3.8, 4) is 34.8 Å². The Morgan fingerprint density at radius 1 is 0.511 bits per heavy atom. The number of methoxy groups -OCH3 is 2. The lowest BCUT2D eigenvalue weighted by Gasteiger charge is -2.26. The highest BCUT2D eigenvalue weighted by Gasteiger charge is 2.23. The zero-order valence-electron chi connectivity index (χ0n) is 25.5. The molecule has 0 heterocycles. The molecule has 0 saturated heterocycles. The molecule has 0 radical (unpaired) electrons. The van der Waals surface area contributed by atoms with Gasteiger partial charge in [0.1, 0.15) is 23.0 Å². The molecule has 6 heteroatoms. The van der Waals surface area contributed by atoms with E-state index < -0.39 is 11.9 Å². The first kappa shape index (κ1) is 30.7. The molecule has 0 N–H and O–H groups in total. The summed E-state index contributed by atoms with van der Waals surface area (Å²) in [5.74, 6) is 7.34. The van der Waals surface area contributed by atoms with E-state index in [1.54, 1.807) is 68.8 Å². The van der Waals surface area contributed by atoms with Crippen molar-refractivity contribution in [2.45, 2.75) is 19.3 Å². The molecule has 0 fully saturated rings. The van der Waals surface area contributed by atoms with Gasteiger partial charge in [-0.25, -0.2) is 9.59 Å². The molecule has 5 rings (SSSR count). The van der Waals surface area contributed by atoms with Crippen LogP contribution in [0.15, 0.2) is 121 Å². The Labute approximate surface area is 263 Å². The zero-order chi connectivity index (χ0) is 31.8. The number of hydrogen-bond donors (Lipinski definition) is 0. The molecule has 0 aliphatic heterocycles. The van der Waals surface area contributed by atoms with E-state index >= 15 is 0 Å². The number of esters is 2. The highest BCUT2D eigenvalue weighted by atomic mass is 16.5. The summed E-state index contributed by atoms with van der Waals surface area (Å²) in [5.41, 5.74) is 4.01. The monoisotopic (exact) mass is 596 g/mol. The van der Waals surface area contributed by atoms with Gasteiger partial charge >= 0.3 is 11.9 Å². The van der Waals surface area contributed by atoms with Crippen molar-refractivity contribution < 1.29 is 28.5 Å². The average molecular weight is 597 g/mol. The first-order valence-electron chi connectivity index (χ1n) is 14.3. The summed E-state index contributed by atoms with van der Waals surface area (Å²) in [6.45, 7) is 4.26. The van der Waals surface area contributed by atoms with E-state index in [2.05, 4.69) is 25.7 Å². The van der Waals surface area contributed by atoms with Crippen LogP contribution in [0.2, 0.25) is 0 Å². The van der Waals surface area contributed by atoms with Crippen molar-refractivity contribution in [1.29, 1.82) is 0 Å². The van der Waals surface area contributed by atoms with Crippen LogP contribution in [-0.4, -0.2) is 26.2 Å². The topological polar surface area (TPSA) is 71.1 Å². The van der Waals surface area contributed by atoms with E-state index in [0.717, 1.165) is 33.8 Å². The Morgan fingerprint density at radius 2 is 0.867 bits per heavy atom. The highest BCUT2D eigenvalue weighted by Crippen LogP contribution is 2.33. The molecule has 0 aliphatic carbocycles. The molecule has 0 unspecified atom stereocenters. The Balaban J connectivity index is 1.20. The maximum absolute atomic E-state index is 12.9. The molecule has 0 aliphatic rings. The number of carbonyl (C=O) groups is 2. The summed E-state index contributed by atoms with van der Waals surface area (Å²) in [6, 6.07) is 36.0. The summed E-state index contributed by atoms with van der Waals surface area (Å²) in [6.07, 6.45) is 0. The number of ether oxygens (including phenoxy) is 4. The highest BCUT2D eigenvalue weighted by molar-refractivity contribution is 5.96. The molecular formula is C39H32O6. The third-order valence-corrected chi connectivity index (χ3v) is 7.44. The Morgan fingerprint density at radius 3 is 1.27 bits per heavy atom. The SMILES string of the molecule is COc1ccc(C#Cc2ccc(OC(=O)c3cccc(C(=O)Oc4ccc(C(C)(C)c5ccc(OC)cc5)cc4)c3)cc2)cc1. The van der Waals surface area contributed by atoms with Crippen LogP contribution in [0.3, 0.4) is 0 Å². The summed E-state index contributed by atoms with van der Waals surface area (Å²) >= 11 is 0. The molecule has 45 heavy (non-hydrogen) atoms. The Bertz CT molecular complexity index is 1840. The molecule has 0 spiro atoms. The van der Waals surface area contributed by atoms with Gasteiger partial charge in [-0.05, 0) is 102 Å². The largest absolute Gasteiger partial charge is 0.497 e. The lowest BCUT2D eigenvalue weighted by atomic mass is 9.78. The van der Waals surface area contributed by atoms with Gasteiger partial charge in [-0.2, -0.15) is 0 Å². The fraction of sp³-hybridized carbons (Fsp3) is 0.128. The molecule has 0 amide bonds. The van der Waals surface area contributed by atoms with Gasteiger partial charge in [0.25, 0.3) is 0 Å². The van der Waals surface area contributed by atoms with Gasteiger partial charge in [-0.1, -0.05) is 56.0 Å². The van der Waals surface area contributed by atoms with E-state index in [1.807, 2.05) is 60.7 Å². The molecule has 0 atom stereocenters. The predicted octanol–water partition coefficient (Wildman–Crippen LogP) is 7.87. The third kappa shape index (κ3) is 7.59. The van der Waals surface area contributed by atoms with Gasteiger partial charge in [0.15, 0.2) is 0 Å². The van der Waals surface area contributed by atoms with Crippen molar-refractivity contribution in [3.05, 3.63) is 155 Å². The minimum atomic E-state index is -0.591. The van der Waals surface area contributed by atoms with E-state index in [4.69, 9.17) is 18.9 Å². The molecular weight excluding hydrogens is 564 g/mol. The van der Waals surface area contributed by atoms with Crippen molar-refractivity contribution in [1.82, 2.24) is 0 Å². The molecule has 224 valence electrons. The predicted molar refractivity (Wildman–Crippen MR) is 173 cm³/mol. The number of benzene rings is 5. The van der Waals surface area contributed by atoms with E-state index in [9.17, 15) is 9.59 Å². The van der Waals surface area contributed by atoms with Gasteiger partial charge in [0, 0.05) is 16.5 Å². The van der Waals surface area contributed by atoms with Crippen molar-refractivity contribution >= 4 is 11.9 Å². The van der Waals surface area contributed by atoms with Gasteiger partial charge in [-0.15, -0.1) is 0 Å². The van der Waals surface area contributed by atoms with Crippen molar-refractivity contribution in [2.24, 2.45) is 0 Å². The van der Waals surface area contributed by atoms with Crippen LogP contribution in [0.5, 0.6) is 23.0 Å². The fourth-order valence-corrected chi connectivity index (χ4v) is 4.64. The smallest absolute Gasteiger partial charge is 0.343 e. The quantitative estimate of drug-likeness (QED) is 0.103. The second kappa shape index (κ2) is 13.7. The fourth-order valence-electron chi connectivity index (χ4n) is 4.64. The molecule has 0 aromatic heterocycles. The Hall–Kier alpha value is -5.80. The lowest BCUT2D eigenvalue weighted by Crippen LogP contribution is -2.18. The van der Waals surface area contributed by atoms with Gasteiger partial charge < -0.3 is 18.9 Å². The van der Waals surface area contributed by atoms with Gasteiger partial charge in [0.05, 0.1) is 25.3 Å². The number of hydrogen-bond acceptors (Lipinski definition) is 6. The summed E-state index contributed by atoms with van der Waals surface area (Å²) in [7, 11) is 3.26. The van der Waals surface area contributed by atoms with Crippen LogP contribution in [-0.2, 0) is 5.41 Å². The van der Waals surface area contributed by atoms with E-state index in [-0.39, 0.29) is 16.5 Å². The van der Waals surface area contributed by atoms with Gasteiger partial charge in [0.2, 0.25) is 0 Å².